The van der Waals surface area contributed by atoms with Crippen LogP contribution in [0.1, 0.15) is 32.4 Å². The molecular weight excluding hydrogens is 660 g/mol. The Morgan fingerprint density at radius 3 is 2.66 bits per heavy atom. The van der Waals surface area contributed by atoms with E-state index in [0.717, 1.165) is 53.9 Å². The van der Waals surface area contributed by atoms with Crippen molar-refractivity contribution in [1.29, 1.82) is 0 Å². The zero-order valence-electron chi connectivity index (χ0n) is 25.1. The molecule has 47 heavy (non-hydrogen) atoms. The molecule has 0 spiro atoms. The van der Waals surface area contributed by atoms with E-state index < -0.39 is 58.2 Å². The molecule has 5 rings (SSSR count). The lowest BCUT2D eigenvalue weighted by Crippen LogP contribution is -2.76. The highest BCUT2D eigenvalue weighted by molar-refractivity contribution is 7.80. The second kappa shape index (κ2) is 13.6. The first-order chi connectivity index (χ1) is 22.2. The van der Waals surface area contributed by atoms with E-state index in [1.807, 2.05) is 6.07 Å². The van der Waals surface area contributed by atoms with Crippen LogP contribution >= 0.6 is 11.3 Å². The largest absolute Gasteiger partial charge is 0.489 e. The van der Waals surface area contributed by atoms with Gasteiger partial charge < -0.3 is 36.4 Å². The Kier molecular flexibility index (Phi) is 9.77. The fourth-order valence-electron chi connectivity index (χ4n) is 4.98. The van der Waals surface area contributed by atoms with Gasteiger partial charge in [-0.3, -0.25) is 14.1 Å². The number of hydroxylamine groups is 2. The average Bonchev–Trinajstić information content (AvgIpc) is 3.45. The minimum absolute atomic E-state index is 0.0620. The van der Waals surface area contributed by atoms with E-state index in [1.54, 1.807) is 24.4 Å². The lowest BCUT2D eigenvalue weighted by Gasteiger charge is -2.50. The number of anilines is 2. The maximum atomic E-state index is 13.3. The van der Waals surface area contributed by atoms with Gasteiger partial charge in [-0.1, -0.05) is 5.16 Å². The zero-order valence-corrected chi connectivity index (χ0v) is 26.7. The minimum atomic E-state index is -5.02. The monoisotopic (exact) mass is 692 g/mol. The number of piperidine rings is 1. The van der Waals surface area contributed by atoms with Gasteiger partial charge in [-0.2, -0.15) is 13.5 Å². The van der Waals surface area contributed by atoms with Crippen LogP contribution in [-0.4, -0.2) is 100 Å². The molecule has 0 aliphatic carbocycles. The summed E-state index contributed by atoms with van der Waals surface area (Å²) in [4.78, 5) is 51.5. The number of hydrogen-bond acceptors (Lipinski definition) is 15. The Balaban J connectivity index is 1.28. The van der Waals surface area contributed by atoms with Crippen LogP contribution < -0.4 is 26.4 Å². The standard InChI is InChI=1S/C27H32N8O10S2/c1-27(2)21(24(37)35(27)45-47(40,41)42)33-23(36)20(18-13-46-26(28)32-18)34-44-19(25(38)39)12-43-16-3-4-17-14(11-16)5-10-30-22(17)31-15-6-8-29-9-7-15/h3-5,10-11,13,15,19,21,29H,6-9,12H2,1-2H3,(H2,28,32)(H,30,31)(H,33,36)(H,38,39)(H,40,41,42)/b34-20-/t19?,21-/m1/s1. The molecule has 1 aromatic carbocycles. The van der Waals surface area contributed by atoms with Crippen molar-refractivity contribution < 1.29 is 46.3 Å². The molecule has 2 amide bonds. The van der Waals surface area contributed by atoms with E-state index in [-0.39, 0.29) is 10.8 Å². The van der Waals surface area contributed by atoms with Crippen LogP contribution in [0, 0.1) is 0 Å². The van der Waals surface area contributed by atoms with Crippen molar-refractivity contribution in [3.05, 3.63) is 41.5 Å². The number of β-lactam (4-membered cyclic amide) rings is 1. The van der Waals surface area contributed by atoms with E-state index in [2.05, 4.69) is 35.4 Å². The number of nitrogens with two attached hydrogens (primary N) is 1. The fraction of sp³-hybridized carbons (Fsp3) is 0.407. The number of thiazole rings is 1. The molecule has 20 heteroatoms. The van der Waals surface area contributed by atoms with Crippen molar-refractivity contribution in [1.82, 2.24) is 25.7 Å². The van der Waals surface area contributed by atoms with Gasteiger partial charge in [0.25, 0.3) is 17.9 Å². The molecule has 4 heterocycles. The number of pyridine rings is 1. The summed E-state index contributed by atoms with van der Waals surface area (Å²) in [6.07, 6.45) is 1.93. The van der Waals surface area contributed by atoms with E-state index in [1.165, 1.54) is 19.2 Å². The zero-order chi connectivity index (χ0) is 33.9. The number of nitrogens with one attached hydrogen (secondary N) is 3. The number of carbonyl (C=O) groups excluding carboxylic acids is 2. The predicted octanol–water partition coefficient (Wildman–Crippen LogP) is 0.530. The number of ether oxygens (including phenoxy) is 1. The summed E-state index contributed by atoms with van der Waals surface area (Å²) in [6, 6.07) is 5.99. The number of nitrogen functional groups attached to an aromatic ring is 1. The molecular formula is C27H32N8O10S2. The number of rotatable bonds is 13. The van der Waals surface area contributed by atoms with Gasteiger partial charge in [0.1, 0.15) is 29.9 Å². The van der Waals surface area contributed by atoms with E-state index in [0.29, 0.717) is 16.9 Å². The number of aromatic nitrogens is 2. The number of hydrogen-bond donors (Lipinski definition) is 6. The fourth-order valence-corrected chi connectivity index (χ4v) is 5.98. The molecule has 18 nitrogen and oxygen atoms in total. The number of carbonyl (C=O) groups is 3. The topological polar surface area (TPSA) is 257 Å². The molecule has 2 saturated heterocycles. The van der Waals surface area contributed by atoms with Gasteiger partial charge in [-0.05, 0) is 69.4 Å². The van der Waals surface area contributed by atoms with Crippen LogP contribution in [-0.2, 0) is 33.9 Å². The number of carboxylic acids is 1. The summed E-state index contributed by atoms with van der Waals surface area (Å²) in [7, 11) is -5.02. The molecule has 0 radical (unpaired) electrons. The molecule has 1 unspecified atom stereocenters. The van der Waals surface area contributed by atoms with Gasteiger partial charge in [-0.25, -0.2) is 14.8 Å². The van der Waals surface area contributed by atoms with E-state index in [4.69, 9.17) is 19.9 Å². The van der Waals surface area contributed by atoms with Crippen molar-refractivity contribution in [2.45, 2.75) is 50.4 Å². The second-order valence-electron chi connectivity index (χ2n) is 11.2. The SMILES string of the molecule is CC1(C)[C@H](NC(=O)/C(=N\OC(COc2ccc3c(NC4CCNCC4)nccc3c2)C(=O)O)c2csc(N)n2)C(=O)N1OS(=O)(=O)O. The summed E-state index contributed by atoms with van der Waals surface area (Å²) < 4.78 is 41.2. The third-order valence-electron chi connectivity index (χ3n) is 7.46. The Hall–Kier alpha value is -4.63. The minimum Gasteiger partial charge on any atom is -0.489 e. The highest BCUT2D eigenvalue weighted by Gasteiger charge is 2.58. The molecule has 2 aliphatic heterocycles. The Morgan fingerprint density at radius 2 is 2.02 bits per heavy atom. The molecule has 0 bridgehead atoms. The van der Waals surface area contributed by atoms with Crippen LogP contribution in [0.4, 0.5) is 10.9 Å². The normalized spacial score (nSPS) is 19.1. The number of benzene rings is 1. The third kappa shape index (κ3) is 7.85. The van der Waals surface area contributed by atoms with E-state index >= 15 is 0 Å². The molecule has 3 aromatic rings. The maximum Gasteiger partial charge on any atom is 0.418 e. The number of aliphatic carboxylic acids is 1. The average molecular weight is 693 g/mol. The van der Waals surface area contributed by atoms with Crippen LogP contribution in [0.2, 0.25) is 0 Å². The Bertz CT molecular complexity index is 1810. The Labute approximate surface area is 272 Å². The van der Waals surface area contributed by atoms with Crippen LogP contribution in [0.25, 0.3) is 10.8 Å². The maximum absolute atomic E-state index is 13.3. The van der Waals surface area contributed by atoms with Crippen LogP contribution in [0.3, 0.4) is 0 Å². The van der Waals surface area contributed by atoms with Gasteiger partial charge in [0.15, 0.2) is 10.8 Å². The molecule has 2 aliphatic rings. The van der Waals surface area contributed by atoms with Gasteiger partial charge in [-0.15, -0.1) is 15.6 Å². The van der Waals surface area contributed by atoms with Gasteiger partial charge in [0, 0.05) is 23.0 Å². The lowest BCUT2D eigenvalue weighted by molar-refractivity contribution is -0.218. The molecule has 0 saturated carbocycles. The van der Waals surface area contributed by atoms with Crippen molar-refractivity contribution >= 4 is 67.0 Å². The number of fused-ring (bicyclic) bond motifs is 1. The lowest BCUT2D eigenvalue weighted by atomic mass is 9.84. The Morgan fingerprint density at radius 1 is 1.28 bits per heavy atom. The summed E-state index contributed by atoms with van der Waals surface area (Å²) in [5.74, 6) is -2.37. The first kappa shape index (κ1) is 33.7. The van der Waals surface area contributed by atoms with Crippen molar-refractivity contribution in [3.8, 4) is 5.75 Å². The first-order valence-corrected chi connectivity index (χ1v) is 16.5. The highest BCUT2D eigenvalue weighted by Crippen LogP contribution is 2.33. The van der Waals surface area contributed by atoms with Crippen molar-refractivity contribution in [2.75, 3.05) is 30.7 Å². The van der Waals surface area contributed by atoms with Gasteiger partial charge >= 0.3 is 16.4 Å². The summed E-state index contributed by atoms with van der Waals surface area (Å²) in [5, 5.41) is 26.2. The number of nitrogens with zero attached hydrogens (tertiary/aromatic N) is 4. The number of carboxylic acid groups (broad SMARTS) is 1. The van der Waals surface area contributed by atoms with Gasteiger partial charge in [0.2, 0.25) is 0 Å². The highest BCUT2D eigenvalue weighted by atomic mass is 32.3. The quantitative estimate of drug-likeness (QED) is 0.0618. The summed E-state index contributed by atoms with van der Waals surface area (Å²) in [6.45, 7) is 4.08. The summed E-state index contributed by atoms with van der Waals surface area (Å²) >= 11 is 0.963. The second-order valence-corrected chi connectivity index (χ2v) is 13.1. The predicted molar refractivity (Wildman–Crippen MR) is 168 cm³/mol. The number of amides is 2. The smallest absolute Gasteiger partial charge is 0.418 e. The third-order valence-corrected chi connectivity index (χ3v) is 8.48. The molecule has 2 atom stereocenters. The number of oxime groups is 1. The first-order valence-electron chi connectivity index (χ1n) is 14.2. The van der Waals surface area contributed by atoms with Crippen LogP contribution in [0.5, 0.6) is 5.75 Å². The molecule has 7 N–H and O–H groups in total. The van der Waals surface area contributed by atoms with E-state index in [9.17, 15) is 27.9 Å². The van der Waals surface area contributed by atoms with Crippen molar-refractivity contribution in [2.24, 2.45) is 5.16 Å². The summed E-state index contributed by atoms with van der Waals surface area (Å²) in [5.41, 5.74) is 3.68. The molecule has 2 aromatic heterocycles. The van der Waals surface area contributed by atoms with Crippen LogP contribution in [0.15, 0.2) is 41.0 Å². The molecule has 252 valence electrons. The molecule has 2 fully saturated rings. The van der Waals surface area contributed by atoms with Gasteiger partial charge in [0.05, 0.1) is 5.54 Å². The van der Waals surface area contributed by atoms with Crippen molar-refractivity contribution in [3.63, 3.8) is 0 Å².